The standard InChI is InChI=1S/C18H19N5S/c1-9-5-7-13(8-6-9)15-14-10(2)11(3)24-18(14)23-12(4)21-22-17(23)16(19)20-15/h5-8,16H,19H2,1-4H3. The lowest BCUT2D eigenvalue weighted by atomic mass is 9.99. The molecule has 6 heteroatoms. The first-order chi connectivity index (χ1) is 11.5. The SMILES string of the molecule is Cc1ccc(C2=NC(N)c3nnc(C)n3-c3sc(C)c(C)c32)cc1. The van der Waals surface area contributed by atoms with Crippen molar-refractivity contribution in [2.45, 2.75) is 33.9 Å². The number of hydrogen-bond acceptors (Lipinski definition) is 5. The largest absolute Gasteiger partial charge is 0.303 e. The van der Waals surface area contributed by atoms with Crippen LogP contribution in [0.5, 0.6) is 0 Å². The summed E-state index contributed by atoms with van der Waals surface area (Å²) >= 11 is 1.74. The van der Waals surface area contributed by atoms with E-state index in [0.717, 1.165) is 27.7 Å². The molecule has 1 aromatic carbocycles. The third kappa shape index (κ3) is 2.14. The molecule has 2 aromatic heterocycles. The highest BCUT2D eigenvalue weighted by Crippen LogP contribution is 2.37. The third-order valence-corrected chi connectivity index (χ3v) is 5.71. The summed E-state index contributed by atoms with van der Waals surface area (Å²) in [6.45, 7) is 8.32. The molecule has 1 aliphatic rings. The fraction of sp³-hybridized carbons (Fsp3) is 0.278. The number of thiophene rings is 1. The van der Waals surface area contributed by atoms with Gasteiger partial charge in [0.15, 0.2) is 12.0 Å². The van der Waals surface area contributed by atoms with Gasteiger partial charge in [-0.15, -0.1) is 21.5 Å². The van der Waals surface area contributed by atoms with Crippen molar-refractivity contribution in [3.8, 4) is 5.00 Å². The van der Waals surface area contributed by atoms with E-state index < -0.39 is 6.17 Å². The van der Waals surface area contributed by atoms with E-state index in [4.69, 9.17) is 10.7 Å². The minimum atomic E-state index is -0.526. The second-order valence-corrected chi connectivity index (χ2v) is 7.40. The monoisotopic (exact) mass is 337 g/mol. The van der Waals surface area contributed by atoms with Gasteiger partial charge < -0.3 is 5.73 Å². The lowest BCUT2D eigenvalue weighted by Crippen LogP contribution is -2.14. The molecule has 0 amide bonds. The van der Waals surface area contributed by atoms with Crippen molar-refractivity contribution >= 4 is 17.0 Å². The average Bonchev–Trinajstić information content (AvgIpc) is 3.03. The van der Waals surface area contributed by atoms with Gasteiger partial charge in [-0.1, -0.05) is 29.8 Å². The summed E-state index contributed by atoms with van der Waals surface area (Å²) in [6, 6.07) is 8.42. The number of benzene rings is 1. The van der Waals surface area contributed by atoms with Crippen molar-refractivity contribution in [2.75, 3.05) is 0 Å². The fourth-order valence-electron chi connectivity index (χ4n) is 3.06. The Morgan fingerprint density at radius 1 is 1.04 bits per heavy atom. The molecule has 0 spiro atoms. The smallest absolute Gasteiger partial charge is 0.177 e. The highest BCUT2D eigenvalue weighted by Gasteiger charge is 2.29. The van der Waals surface area contributed by atoms with Crippen LogP contribution in [0.2, 0.25) is 0 Å². The quantitative estimate of drug-likeness (QED) is 0.740. The van der Waals surface area contributed by atoms with Crippen LogP contribution in [0.4, 0.5) is 0 Å². The number of nitrogens with zero attached hydrogens (tertiary/aromatic N) is 4. The Bertz CT molecular complexity index is 962. The minimum Gasteiger partial charge on any atom is -0.303 e. The van der Waals surface area contributed by atoms with Gasteiger partial charge in [0, 0.05) is 16.0 Å². The normalized spacial score (nSPS) is 16.4. The van der Waals surface area contributed by atoms with E-state index in [1.807, 2.05) is 6.92 Å². The fourth-order valence-corrected chi connectivity index (χ4v) is 4.27. The first-order valence-corrected chi connectivity index (χ1v) is 8.72. The van der Waals surface area contributed by atoms with E-state index in [1.165, 1.54) is 16.0 Å². The summed E-state index contributed by atoms with van der Waals surface area (Å²) in [5, 5.41) is 9.58. The van der Waals surface area contributed by atoms with Crippen LogP contribution < -0.4 is 5.73 Å². The highest BCUT2D eigenvalue weighted by atomic mass is 32.1. The molecule has 0 aliphatic carbocycles. The Morgan fingerprint density at radius 3 is 2.46 bits per heavy atom. The number of aliphatic imine (C=N–C) groups is 1. The van der Waals surface area contributed by atoms with Crippen LogP contribution in [-0.4, -0.2) is 20.5 Å². The van der Waals surface area contributed by atoms with E-state index in [0.29, 0.717) is 5.82 Å². The predicted octanol–water partition coefficient (Wildman–Crippen LogP) is 3.37. The highest BCUT2D eigenvalue weighted by molar-refractivity contribution is 7.15. The van der Waals surface area contributed by atoms with E-state index in [9.17, 15) is 0 Å². The molecule has 0 bridgehead atoms. The molecule has 1 unspecified atom stereocenters. The molecule has 122 valence electrons. The van der Waals surface area contributed by atoms with E-state index >= 15 is 0 Å². The summed E-state index contributed by atoms with van der Waals surface area (Å²) in [6.07, 6.45) is -0.526. The van der Waals surface area contributed by atoms with Gasteiger partial charge in [-0.2, -0.15) is 0 Å². The summed E-state index contributed by atoms with van der Waals surface area (Å²) in [4.78, 5) is 6.10. The van der Waals surface area contributed by atoms with Gasteiger partial charge in [0.1, 0.15) is 10.8 Å². The van der Waals surface area contributed by atoms with Gasteiger partial charge in [0.2, 0.25) is 0 Å². The molecule has 1 aliphatic heterocycles. The lowest BCUT2D eigenvalue weighted by Gasteiger charge is -2.09. The molecule has 0 saturated heterocycles. The summed E-state index contributed by atoms with van der Waals surface area (Å²) < 4.78 is 2.05. The Kier molecular flexibility index (Phi) is 3.40. The number of fused-ring (bicyclic) bond motifs is 3. The van der Waals surface area contributed by atoms with Gasteiger partial charge in [0.05, 0.1) is 5.71 Å². The number of nitrogens with two attached hydrogens (primary N) is 1. The van der Waals surface area contributed by atoms with Gasteiger partial charge in [-0.05, 0) is 33.3 Å². The molecule has 4 rings (SSSR count). The van der Waals surface area contributed by atoms with Crippen LogP contribution in [-0.2, 0) is 0 Å². The predicted molar refractivity (Wildman–Crippen MR) is 97.2 cm³/mol. The van der Waals surface area contributed by atoms with Crippen molar-refractivity contribution in [3.63, 3.8) is 0 Å². The van der Waals surface area contributed by atoms with Crippen LogP contribution >= 0.6 is 11.3 Å². The second-order valence-electron chi connectivity index (χ2n) is 6.19. The first kappa shape index (κ1) is 15.2. The van der Waals surface area contributed by atoms with Crippen LogP contribution in [0.25, 0.3) is 5.00 Å². The maximum atomic E-state index is 6.34. The van der Waals surface area contributed by atoms with Gasteiger partial charge in [0.25, 0.3) is 0 Å². The van der Waals surface area contributed by atoms with Crippen LogP contribution in [0.1, 0.15) is 44.9 Å². The Balaban J connectivity index is 2.04. The van der Waals surface area contributed by atoms with Crippen LogP contribution in [0.15, 0.2) is 29.3 Å². The van der Waals surface area contributed by atoms with Crippen molar-refractivity contribution in [1.29, 1.82) is 0 Å². The Hall–Kier alpha value is -2.31. The van der Waals surface area contributed by atoms with Crippen molar-refractivity contribution < 1.29 is 0 Å². The topological polar surface area (TPSA) is 69.1 Å². The van der Waals surface area contributed by atoms with Crippen LogP contribution in [0.3, 0.4) is 0 Å². The number of rotatable bonds is 1. The first-order valence-electron chi connectivity index (χ1n) is 7.90. The molecular formula is C18H19N5S. The Labute approximate surface area is 144 Å². The zero-order valence-corrected chi connectivity index (χ0v) is 15.0. The second kappa shape index (κ2) is 5.36. The summed E-state index contributed by atoms with van der Waals surface area (Å²) in [5.74, 6) is 1.53. The molecule has 0 radical (unpaired) electrons. The minimum absolute atomic E-state index is 0.526. The molecule has 5 nitrogen and oxygen atoms in total. The molecule has 0 saturated carbocycles. The summed E-state index contributed by atoms with van der Waals surface area (Å²) in [5.41, 5.74) is 12.0. The molecule has 1 atom stereocenters. The number of aryl methyl sites for hydroxylation is 3. The Morgan fingerprint density at radius 2 is 1.75 bits per heavy atom. The van der Waals surface area contributed by atoms with Crippen molar-refractivity contribution in [1.82, 2.24) is 14.8 Å². The van der Waals surface area contributed by atoms with Crippen molar-refractivity contribution in [3.05, 3.63) is 63.0 Å². The van der Waals surface area contributed by atoms with E-state index in [2.05, 4.69) is 59.8 Å². The molecular weight excluding hydrogens is 318 g/mol. The maximum Gasteiger partial charge on any atom is 0.177 e. The van der Waals surface area contributed by atoms with Gasteiger partial charge >= 0.3 is 0 Å². The maximum absolute atomic E-state index is 6.34. The molecule has 3 aromatic rings. The zero-order valence-electron chi connectivity index (χ0n) is 14.2. The molecule has 24 heavy (non-hydrogen) atoms. The number of hydrogen-bond donors (Lipinski definition) is 1. The van der Waals surface area contributed by atoms with Gasteiger partial charge in [-0.3, -0.25) is 9.56 Å². The van der Waals surface area contributed by atoms with Crippen molar-refractivity contribution in [2.24, 2.45) is 10.7 Å². The number of aromatic nitrogens is 3. The summed E-state index contributed by atoms with van der Waals surface area (Å²) in [7, 11) is 0. The lowest BCUT2D eigenvalue weighted by molar-refractivity contribution is 0.693. The zero-order chi connectivity index (χ0) is 17.0. The molecule has 3 heterocycles. The van der Waals surface area contributed by atoms with Crippen LogP contribution in [0, 0.1) is 27.7 Å². The third-order valence-electron chi connectivity index (χ3n) is 4.51. The average molecular weight is 337 g/mol. The molecule has 2 N–H and O–H groups in total. The van der Waals surface area contributed by atoms with E-state index in [-0.39, 0.29) is 0 Å². The van der Waals surface area contributed by atoms with Gasteiger partial charge in [-0.25, -0.2) is 0 Å². The van der Waals surface area contributed by atoms with E-state index in [1.54, 1.807) is 11.3 Å². The molecule has 0 fully saturated rings.